The number of anilines is 1. The predicted octanol–water partition coefficient (Wildman–Crippen LogP) is 0.781. The Morgan fingerprint density at radius 1 is 1.33 bits per heavy atom. The average molecular weight is 210 g/mol. The van der Waals surface area contributed by atoms with Gasteiger partial charge >= 0.3 is 0 Å². The monoisotopic (exact) mass is 210 g/mol. The fraction of sp³-hybridized carbons (Fsp3) is 0.545. The Labute approximate surface area is 90.2 Å². The first kappa shape index (κ1) is 11.9. The standard InChI is InChI=1S/C11H18N2O2/c1-9(2)13(5-6-14)11-4-3-10(8-15)7-12-11/h3-4,7,9,14-15H,5-6,8H2,1-2H3. The molecule has 4 nitrogen and oxygen atoms in total. The van der Waals surface area contributed by atoms with Crippen LogP contribution in [0.5, 0.6) is 0 Å². The molecule has 1 aromatic heterocycles. The Bertz CT molecular complexity index is 285. The zero-order valence-corrected chi connectivity index (χ0v) is 9.22. The van der Waals surface area contributed by atoms with E-state index in [1.165, 1.54) is 0 Å². The summed E-state index contributed by atoms with van der Waals surface area (Å²) in [6.07, 6.45) is 1.65. The average Bonchev–Trinajstić information content (AvgIpc) is 2.26. The summed E-state index contributed by atoms with van der Waals surface area (Å²) in [6.45, 7) is 4.80. The summed E-state index contributed by atoms with van der Waals surface area (Å²) in [5.74, 6) is 0.830. The number of aliphatic hydroxyl groups excluding tert-OH is 2. The van der Waals surface area contributed by atoms with Crippen LogP contribution in [-0.4, -0.2) is 34.4 Å². The van der Waals surface area contributed by atoms with Crippen LogP contribution in [0.3, 0.4) is 0 Å². The third-order valence-corrected chi connectivity index (χ3v) is 2.25. The van der Waals surface area contributed by atoms with Crippen molar-refractivity contribution in [3.63, 3.8) is 0 Å². The Hall–Kier alpha value is -1.13. The minimum Gasteiger partial charge on any atom is -0.395 e. The third-order valence-electron chi connectivity index (χ3n) is 2.25. The number of aromatic nitrogens is 1. The molecule has 15 heavy (non-hydrogen) atoms. The van der Waals surface area contributed by atoms with Crippen LogP contribution < -0.4 is 4.90 Å². The highest BCUT2D eigenvalue weighted by Crippen LogP contribution is 2.13. The van der Waals surface area contributed by atoms with E-state index in [1.54, 1.807) is 6.20 Å². The highest BCUT2D eigenvalue weighted by atomic mass is 16.3. The van der Waals surface area contributed by atoms with Crippen LogP contribution in [0.15, 0.2) is 18.3 Å². The van der Waals surface area contributed by atoms with Crippen LogP contribution in [0.25, 0.3) is 0 Å². The lowest BCUT2D eigenvalue weighted by Gasteiger charge is -2.27. The molecule has 0 aromatic carbocycles. The molecule has 0 aliphatic carbocycles. The van der Waals surface area contributed by atoms with E-state index in [0.29, 0.717) is 12.6 Å². The molecule has 4 heteroatoms. The summed E-state index contributed by atoms with van der Waals surface area (Å²) in [5, 5.41) is 17.8. The van der Waals surface area contributed by atoms with Crippen molar-refractivity contribution < 1.29 is 10.2 Å². The highest BCUT2D eigenvalue weighted by Gasteiger charge is 2.10. The minimum absolute atomic E-state index is 0.00889. The first-order valence-corrected chi connectivity index (χ1v) is 5.12. The van der Waals surface area contributed by atoms with Gasteiger partial charge in [-0.2, -0.15) is 0 Å². The van der Waals surface area contributed by atoms with E-state index in [1.807, 2.05) is 17.0 Å². The zero-order chi connectivity index (χ0) is 11.3. The maximum Gasteiger partial charge on any atom is 0.128 e. The molecule has 0 fully saturated rings. The molecule has 0 atom stereocenters. The maximum absolute atomic E-state index is 8.94. The molecule has 0 saturated heterocycles. The number of hydrogen-bond donors (Lipinski definition) is 2. The number of hydrogen-bond acceptors (Lipinski definition) is 4. The number of rotatable bonds is 5. The van der Waals surface area contributed by atoms with E-state index < -0.39 is 0 Å². The molecule has 1 rings (SSSR count). The maximum atomic E-state index is 8.94. The van der Waals surface area contributed by atoms with Crippen molar-refractivity contribution in [2.45, 2.75) is 26.5 Å². The quantitative estimate of drug-likeness (QED) is 0.754. The molecule has 1 heterocycles. The predicted molar refractivity (Wildman–Crippen MR) is 59.7 cm³/mol. The van der Waals surface area contributed by atoms with Gasteiger partial charge in [-0.15, -0.1) is 0 Å². The molecule has 0 saturated carbocycles. The lowest BCUT2D eigenvalue weighted by molar-refractivity contribution is 0.281. The fourth-order valence-electron chi connectivity index (χ4n) is 1.43. The molecule has 2 N–H and O–H groups in total. The Balaban J connectivity index is 2.81. The molecule has 0 amide bonds. The molecular weight excluding hydrogens is 192 g/mol. The zero-order valence-electron chi connectivity index (χ0n) is 9.22. The number of pyridine rings is 1. The van der Waals surface area contributed by atoms with Crippen molar-refractivity contribution in [1.82, 2.24) is 4.98 Å². The summed E-state index contributed by atoms with van der Waals surface area (Å²) in [6, 6.07) is 4.00. The summed E-state index contributed by atoms with van der Waals surface area (Å²) in [5.41, 5.74) is 0.798. The van der Waals surface area contributed by atoms with Gasteiger partial charge in [0.15, 0.2) is 0 Å². The van der Waals surface area contributed by atoms with E-state index in [0.717, 1.165) is 11.4 Å². The van der Waals surface area contributed by atoms with Crippen molar-refractivity contribution in [2.75, 3.05) is 18.1 Å². The van der Waals surface area contributed by atoms with Crippen molar-refractivity contribution in [1.29, 1.82) is 0 Å². The SMILES string of the molecule is CC(C)N(CCO)c1ccc(CO)cn1. The number of aliphatic hydroxyl groups is 2. The van der Waals surface area contributed by atoms with E-state index >= 15 is 0 Å². The van der Waals surface area contributed by atoms with Crippen LogP contribution in [0, 0.1) is 0 Å². The molecule has 84 valence electrons. The second-order valence-corrected chi connectivity index (χ2v) is 3.69. The van der Waals surface area contributed by atoms with Crippen LogP contribution in [0.4, 0.5) is 5.82 Å². The second-order valence-electron chi connectivity index (χ2n) is 3.69. The van der Waals surface area contributed by atoms with Gasteiger partial charge in [0, 0.05) is 18.8 Å². The van der Waals surface area contributed by atoms with Gasteiger partial charge in [-0.25, -0.2) is 4.98 Å². The van der Waals surface area contributed by atoms with Gasteiger partial charge in [0.2, 0.25) is 0 Å². The molecule has 0 bridgehead atoms. The lowest BCUT2D eigenvalue weighted by atomic mass is 10.2. The topological polar surface area (TPSA) is 56.6 Å². The van der Waals surface area contributed by atoms with Crippen LogP contribution in [0.1, 0.15) is 19.4 Å². The molecule has 1 aromatic rings. The largest absolute Gasteiger partial charge is 0.395 e. The van der Waals surface area contributed by atoms with Gasteiger partial charge in [0.1, 0.15) is 5.82 Å². The smallest absolute Gasteiger partial charge is 0.128 e. The van der Waals surface area contributed by atoms with Gasteiger partial charge in [0.25, 0.3) is 0 Å². The molecule has 0 unspecified atom stereocenters. The number of nitrogens with zero attached hydrogens (tertiary/aromatic N) is 2. The van der Waals surface area contributed by atoms with Crippen molar-refractivity contribution in [2.24, 2.45) is 0 Å². The molecular formula is C11H18N2O2. The Morgan fingerprint density at radius 3 is 2.47 bits per heavy atom. The van der Waals surface area contributed by atoms with Gasteiger partial charge < -0.3 is 15.1 Å². The first-order valence-electron chi connectivity index (χ1n) is 5.12. The summed E-state index contributed by atoms with van der Waals surface area (Å²) >= 11 is 0. The first-order chi connectivity index (χ1) is 7.19. The van der Waals surface area contributed by atoms with Crippen molar-refractivity contribution >= 4 is 5.82 Å². The van der Waals surface area contributed by atoms with E-state index in [9.17, 15) is 0 Å². The van der Waals surface area contributed by atoms with Gasteiger partial charge in [-0.05, 0) is 25.5 Å². The van der Waals surface area contributed by atoms with E-state index in [4.69, 9.17) is 10.2 Å². The molecule has 0 radical (unpaired) electrons. The van der Waals surface area contributed by atoms with E-state index in [-0.39, 0.29) is 13.2 Å². The highest BCUT2D eigenvalue weighted by molar-refractivity contribution is 5.40. The van der Waals surface area contributed by atoms with Crippen molar-refractivity contribution in [3.8, 4) is 0 Å². The van der Waals surface area contributed by atoms with Crippen LogP contribution >= 0.6 is 0 Å². The normalized spacial score (nSPS) is 10.7. The summed E-state index contributed by atoms with van der Waals surface area (Å²) in [4.78, 5) is 6.26. The van der Waals surface area contributed by atoms with Crippen molar-refractivity contribution in [3.05, 3.63) is 23.9 Å². The molecule has 0 aliphatic rings. The fourth-order valence-corrected chi connectivity index (χ4v) is 1.43. The Kier molecular flexibility index (Phi) is 4.52. The van der Waals surface area contributed by atoms with Crippen LogP contribution in [-0.2, 0) is 6.61 Å². The van der Waals surface area contributed by atoms with Gasteiger partial charge in [0.05, 0.1) is 13.2 Å². The molecule has 0 aliphatic heterocycles. The Morgan fingerprint density at radius 2 is 2.07 bits per heavy atom. The van der Waals surface area contributed by atoms with Gasteiger partial charge in [-0.1, -0.05) is 6.07 Å². The van der Waals surface area contributed by atoms with Crippen LogP contribution in [0.2, 0.25) is 0 Å². The second kappa shape index (κ2) is 5.68. The van der Waals surface area contributed by atoms with E-state index in [2.05, 4.69) is 18.8 Å². The minimum atomic E-state index is 0.00889. The third kappa shape index (κ3) is 3.18. The molecule has 0 spiro atoms. The lowest BCUT2D eigenvalue weighted by Crippen LogP contribution is -2.34. The van der Waals surface area contributed by atoms with Gasteiger partial charge in [-0.3, -0.25) is 0 Å². The summed E-state index contributed by atoms with van der Waals surface area (Å²) in [7, 11) is 0. The summed E-state index contributed by atoms with van der Waals surface area (Å²) < 4.78 is 0.